The summed E-state index contributed by atoms with van der Waals surface area (Å²) in [5.74, 6) is 0.0647. The van der Waals surface area contributed by atoms with E-state index in [1.54, 1.807) is 6.07 Å². The summed E-state index contributed by atoms with van der Waals surface area (Å²) in [5, 5.41) is 0. The van der Waals surface area contributed by atoms with E-state index in [4.69, 9.17) is 5.73 Å². The monoisotopic (exact) mass is 243 g/mol. The maximum absolute atomic E-state index is 11.7. The summed E-state index contributed by atoms with van der Waals surface area (Å²) in [5.41, 5.74) is 6.00. The molecule has 0 bridgehead atoms. The number of anilines is 1. The molecular weight excluding hydrogens is 230 g/mol. The van der Waals surface area contributed by atoms with Crippen LogP contribution in [0.2, 0.25) is 0 Å². The number of rotatable bonds is 4. The van der Waals surface area contributed by atoms with Crippen LogP contribution in [0.3, 0.4) is 0 Å². The van der Waals surface area contributed by atoms with E-state index < -0.39 is 10.2 Å². The van der Waals surface area contributed by atoms with Gasteiger partial charge in [-0.05, 0) is 12.5 Å². The predicted molar refractivity (Wildman–Crippen MR) is 58.7 cm³/mol. The average Bonchev–Trinajstić information content (AvgIpc) is 2.13. The van der Waals surface area contributed by atoms with Crippen molar-refractivity contribution in [3.63, 3.8) is 0 Å². The molecule has 0 spiro atoms. The first kappa shape index (κ1) is 11.2. The third-order valence-electron chi connectivity index (χ3n) is 2.30. The molecule has 16 heavy (non-hydrogen) atoms. The third-order valence-corrected chi connectivity index (χ3v) is 3.78. The summed E-state index contributed by atoms with van der Waals surface area (Å²) < 4.78 is 27.0. The second-order valence-corrected chi connectivity index (χ2v) is 5.11. The predicted octanol–water partition coefficient (Wildman–Crippen LogP) is -0.702. The average molecular weight is 243 g/mol. The maximum Gasteiger partial charge on any atom is 0.303 e. The Morgan fingerprint density at radius 1 is 1.50 bits per heavy atom. The Kier molecular flexibility index (Phi) is 3.03. The molecule has 8 heteroatoms. The van der Waals surface area contributed by atoms with Gasteiger partial charge in [-0.25, -0.2) is 14.7 Å². The summed E-state index contributed by atoms with van der Waals surface area (Å²) in [7, 11) is -3.48. The molecule has 0 aromatic carbocycles. The third kappa shape index (κ3) is 2.29. The van der Waals surface area contributed by atoms with Crippen LogP contribution < -0.4 is 10.5 Å². The molecule has 0 unspecified atom stereocenters. The van der Waals surface area contributed by atoms with Crippen LogP contribution in [-0.2, 0) is 16.8 Å². The van der Waals surface area contributed by atoms with Crippen LogP contribution in [0.4, 0.5) is 5.95 Å². The van der Waals surface area contributed by atoms with Gasteiger partial charge in [-0.3, -0.25) is 0 Å². The van der Waals surface area contributed by atoms with Crippen LogP contribution >= 0.6 is 0 Å². The van der Waals surface area contributed by atoms with Gasteiger partial charge in [0.05, 0.1) is 5.69 Å². The lowest BCUT2D eigenvalue weighted by molar-refractivity contribution is 0.311. The molecular formula is C8H13N5O2S. The zero-order chi connectivity index (χ0) is 11.6. The largest absolute Gasteiger partial charge is 0.325 e. The van der Waals surface area contributed by atoms with Crippen molar-refractivity contribution in [3.8, 4) is 0 Å². The van der Waals surface area contributed by atoms with Gasteiger partial charge >= 0.3 is 10.2 Å². The van der Waals surface area contributed by atoms with Gasteiger partial charge in [0.2, 0.25) is 5.95 Å². The Bertz CT molecular complexity index is 471. The first-order valence-corrected chi connectivity index (χ1v) is 6.36. The molecule has 1 fully saturated rings. The second-order valence-electron chi connectivity index (χ2n) is 3.44. The number of aromatic nitrogens is 2. The quantitative estimate of drug-likeness (QED) is 0.728. The van der Waals surface area contributed by atoms with Crippen molar-refractivity contribution in [1.29, 1.82) is 0 Å². The number of hydrogen-bond donors (Lipinski definition) is 2. The van der Waals surface area contributed by atoms with Crippen molar-refractivity contribution in [2.24, 2.45) is 5.73 Å². The van der Waals surface area contributed by atoms with Gasteiger partial charge in [0.25, 0.3) is 0 Å². The zero-order valence-corrected chi connectivity index (χ0v) is 9.44. The molecule has 1 aromatic rings. The molecule has 0 atom stereocenters. The first-order valence-electron chi connectivity index (χ1n) is 4.92. The van der Waals surface area contributed by atoms with Gasteiger partial charge in [-0.1, -0.05) is 0 Å². The second kappa shape index (κ2) is 4.32. The minimum atomic E-state index is -3.48. The topological polar surface area (TPSA) is 101 Å². The highest BCUT2D eigenvalue weighted by molar-refractivity contribution is 7.90. The molecule has 0 aliphatic carbocycles. The fourth-order valence-corrected chi connectivity index (χ4v) is 2.46. The highest BCUT2D eigenvalue weighted by Crippen LogP contribution is 2.13. The summed E-state index contributed by atoms with van der Waals surface area (Å²) in [4.78, 5) is 7.79. The molecule has 1 aromatic heterocycles. The molecule has 3 N–H and O–H groups in total. The van der Waals surface area contributed by atoms with Crippen molar-refractivity contribution in [2.45, 2.75) is 13.0 Å². The summed E-state index contributed by atoms with van der Waals surface area (Å²) >= 11 is 0. The minimum absolute atomic E-state index is 0.0647. The number of nitrogens with two attached hydrogens (primary N) is 1. The molecule has 1 saturated heterocycles. The van der Waals surface area contributed by atoms with Gasteiger partial charge in [0, 0.05) is 25.8 Å². The lowest BCUT2D eigenvalue weighted by atomic mass is 10.3. The van der Waals surface area contributed by atoms with E-state index in [1.807, 2.05) is 0 Å². The summed E-state index contributed by atoms with van der Waals surface area (Å²) in [6.45, 7) is 1.35. The minimum Gasteiger partial charge on any atom is -0.325 e. The lowest BCUT2D eigenvalue weighted by Gasteiger charge is -2.29. The SMILES string of the molecule is NCc1ccnc(NS(=O)(=O)N2CCC2)n1. The molecule has 7 nitrogen and oxygen atoms in total. The standard InChI is InChI=1S/C8H13N5O2S/c9-6-7-2-3-10-8(11-7)12-16(14,15)13-4-1-5-13/h2-3H,1,4-6,9H2,(H,10,11,12). The van der Waals surface area contributed by atoms with Crippen LogP contribution in [0.25, 0.3) is 0 Å². The van der Waals surface area contributed by atoms with E-state index in [-0.39, 0.29) is 12.5 Å². The van der Waals surface area contributed by atoms with Crippen molar-refractivity contribution >= 4 is 16.2 Å². The Balaban J connectivity index is 2.13. The molecule has 1 aliphatic heterocycles. The fourth-order valence-electron chi connectivity index (χ4n) is 1.27. The lowest BCUT2D eigenvalue weighted by Crippen LogP contribution is -2.45. The smallest absolute Gasteiger partial charge is 0.303 e. The van der Waals surface area contributed by atoms with Crippen LogP contribution in [0.15, 0.2) is 12.3 Å². The molecule has 1 aliphatic rings. The highest BCUT2D eigenvalue weighted by Gasteiger charge is 2.28. The van der Waals surface area contributed by atoms with Gasteiger partial charge in [0.1, 0.15) is 0 Å². The number of nitrogens with zero attached hydrogens (tertiary/aromatic N) is 3. The van der Waals surface area contributed by atoms with Gasteiger partial charge in [0.15, 0.2) is 0 Å². The van der Waals surface area contributed by atoms with E-state index in [2.05, 4.69) is 14.7 Å². The van der Waals surface area contributed by atoms with E-state index in [9.17, 15) is 8.42 Å². The Morgan fingerprint density at radius 2 is 2.25 bits per heavy atom. The van der Waals surface area contributed by atoms with Gasteiger partial charge in [-0.2, -0.15) is 12.7 Å². The molecule has 0 saturated carbocycles. The normalized spacial score (nSPS) is 16.8. The molecule has 2 rings (SSSR count). The van der Waals surface area contributed by atoms with E-state index in [0.29, 0.717) is 18.8 Å². The summed E-state index contributed by atoms with van der Waals surface area (Å²) in [6.07, 6.45) is 2.37. The number of hydrogen-bond acceptors (Lipinski definition) is 5. The zero-order valence-electron chi connectivity index (χ0n) is 8.63. The Hall–Kier alpha value is -1.25. The van der Waals surface area contributed by atoms with Crippen LogP contribution in [0.1, 0.15) is 12.1 Å². The molecule has 0 amide bonds. The van der Waals surface area contributed by atoms with Crippen LogP contribution in [0.5, 0.6) is 0 Å². The molecule has 2 heterocycles. The fraction of sp³-hybridized carbons (Fsp3) is 0.500. The van der Waals surface area contributed by atoms with Crippen molar-refractivity contribution in [3.05, 3.63) is 18.0 Å². The van der Waals surface area contributed by atoms with Crippen LogP contribution in [-0.4, -0.2) is 35.8 Å². The molecule has 0 radical (unpaired) electrons. The Labute approximate surface area is 93.9 Å². The summed E-state index contributed by atoms with van der Waals surface area (Å²) in [6, 6.07) is 1.64. The van der Waals surface area contributed by atoms with E-state index in [0.717, 1.165) is 6.42 Å². The van der Waals surface area contributed by atoms with E-state index in [1.165, 1.54) is 10.5 Å². The van der Waals surface area contributed by atoms with Crippen LogP contribution in [0, 0.1) is 0 Å². The van der Waals surface area contributed by atoms with Crippen molar-refractivity contribution in [2.75, 3.05) is 17.8 Å². The first-order chi connectivity index (χ1) is 7.62. The number of nitrogens with one attached hydrogen (secondary N) is 1. The maximum atomic E-state index is 11.7. The van der Waals surface area contributed by atoms with Crippen molar-refractivity contribution in [1.82, 2.24) is 14.3 Å². The van der Waals surface area contributed by atoms with E-state index >= 15 is 0 Å². The van der Waals surface area contributed by atoms with Gasteiger partial charge < -0.3 is 5.73 Å². The highest BCUT2D eigenvalue weighted by atomic mass is 32.2. The van der Waals surface area contributed by atoms with Gasteiger partial charge in [-0.15, -0.1) is 0 Å². The molecule has 88 valence electrons. The van der Waals surface area contributed by atoms with Crippen molar-refractivity contribution < 1.29 is 8.42 Å². The Morgan fingerprint density at radius 3 is 2.81 bits per heavy atom.